The van der Waals surface area contributed by atoms with E-state index in [0.717, 1.165) is 27.7 Å². The molecule has 0 spiro atoms. The third-order valence-electron chi connectivity index (χ3n) is 5.07. The molecule has 0 aliphatic rings. The Kier molecular flexibility index (Phi) is 4.21. The van der Waals surface area contributed by atoms with E-state index in [1.165, 1.54) is 6.07 Å². The third-order valence-corrected chi connectivity index (χ3v) is 5.07. The number of H-pyrrole nitrogens is 2. The van der Waals surface area contributed by atoms with Crippen molar-refractivity contribution in [2.45, 2.75) is 13.5 Å². The van der Waals surface area contributed by atoms with Crippen LogP contribution in [0.4, 0.5) is 0 Å². The van der Waals surface area contributed by atoms with Crippen molar-refractivity contribution < 1.29 is 4.79 Å². The van der Waals surface area contributed by atoms with Crippen LogP contribution < -0.4 is 10.9 Å². The summed E-state index contributed by atoms with van der Waals surface area (Å²) in [5, 5.41) is 3.65. The lowest BCUT2D eigenvalue weighted by atomic mass is 10.2. The maximum absolute atomic E-state index is 12.7. The van der Waals surface area contributed by atoms with Crippen LogP contribution in [0, 0.1) is 6.92 Å². The van der Waals surface area contributed by atoms with Crippen LogP contribution in [0.15, 0.2) is 71.5 Å². The smallest absolute Gasteiger partial charge is 0.268 e. The first-order valence-corrected chi connectivity index (χ1v) is 9.62. The normalized spacial score (nSPS) is 11.2. The lowest BCUT2D eigenvalue weighted by Crippen LogP contribution is -2.23. The van der Waals surface area contributed by atoms with E-state index in [2.05, 4.69) is 20.3 Å². The van der Waals surface area contributed by atoms with E-state index in [1.807, 2.05) is 55.5 Å². The van der Waals surface area contributed by atoms with Crippen LogP contribution in [0.25, 0.3) is 27.8 Å². The van der Waals surface area contributed by atoms with Crippen molar-refractivity contribution >= 4 is 28.0 Å². The Bertz CT molecular complexity index is 1410. The average Bonchev–Trinajstić information content (AvgIpc) is 3.36. The summed E-state index contributed by atoms with van der Waals surface area (Å²) in [7, 11) is 0. The van der Waals surface area contributed by atoms with Gasteiger partial charge >= 0.3 is 0 Å². The molecule has 0 saturated carbocycles. The Balaban J connectivity index is 1.44. The number of imidazole rings is 1. The van der Waals surface area contributed by atoms with Gasteiger partial charge in [0, 0.05) is 11.5 Å². The monoisotopic (exact) mass is 397 g/mol. The average molecular weight is 397 g/mol. The largest absolute Gasteiger partial charge is 0.344 e. The number of fused-ring (bicyclic) bond motifs is 2. The number of nitrogens with zero attached hydrogens (tertiary/aromatic N) is 2. The zero-order valence-electron chi connectivity index (χ0n) is 16.3. The summed E-state index contributed by atoms with van der Waals surface area (Å²) < 4.78 is 1.57. The predicted octanol–water partition coefficient (Wildman–Crippen LogP) is 3.43. The van der Waals surface area contributed by atoms with Crippen molar-refractivity contribution in [2.75, 3.05) is 0 Å². The van der Waals surface area contributed by atoms with Crippen LogP contribution in [0.1, 0.15) is 21.9 Å². The summed E-state index contributed by atoms with van der Waals surface area (Å²) in [4.78, 5) is 36.0. The highest BCUT2D eigenvalue weighted by atomic mass is 16.2. The molecule has 0 atom stereocenters. The minimum atomic E-state index is -0.269. The van der Waals surface area contributed by atoms with Gasteiger partial charge in [-0.15, -0.1) is 0 Å². The molecule has 0 bridgehead atoms. The van der Waals surface area contributed by atoms with E-state index in [0.29, 0.717) is 17.2 Å². The van der Waals surface area contributed by atoms with Crippen molar-refractivity contribution in [3.8, 4) is 5.69 Å². The summed E-state index contributed by atoms with van der Waals surface area (Å²) in [6.07, 6.45) is 0. The molecule has 0 fully saturated rings. The molecule has 7 heteroatoms. The van der Waals surface area contributed by atoms with Gasteiger partial charge in [-0.05, 0) is 43.3 Å². The van der Waals surface area contributed by atoms with E-state index in [1.54, 1.807) is 16.7 Å². The number of hydrogen-bond acceptors (Lipinski definition) is 3. The van der Waals surface area contributed by atoms with Crippen LogP contribution >= 0.6 is 0 Å². The first-order valence-electron chi connectivity index (χ1n) is 9.62. The van der Waals surface area contributed by atoms with Gasteiger partial charge in [-0.3, -0.25) is 14.2 Å². The molecule has 7 nitrogen and oxygen atoms in total. The number of carbonyl (C=O) groups excluding carboxylic acids is 1. The Labute approximate surface area is 171 Å². The second-order valence-corrected chi connectivity index (χ2v) is 7.21. The van der Waals surface area contributed by atoms with E-state index >= 15 is 0 Å². The van der Waals surface area contributed by atoms with Gasteiger partial charge in [-0.25, -0.2) is 4.98 Å². The highest BCUT2D eigenvalue weighted by Gasteiger charge is 2.14. The quantitative estimate of drug-likeness (QED) is 0.433. The predicted molar refractivity (Wildman–Crippen MR) is 116 cm³/mol. The van der Waals surface area contributed by atoms with Crippen LogP contribution in [-0.2, 0) is 6.54 Å². The van der Waals surface area contributed by atoms with Gasteiger partial charge in [-0.1, -0.05) is 29.8 Å². The first-order chi connectivity index (χ1) is 14.6. The van der Waals surface area contributed by atoms with Crippen LogP contribution in [-0.4, -0.2) is 25.4 Å². The van der Waals surface area contributed by atoms with Gasteiger partial charge in [-0.2, -0.15) is 0 Å². The van der Waals surface area contributed by atoms with Crippen molar-refractivity contribution in [3.63, 3.8) is 0 Å². The Morgan fingerprint density at radius 1 is 1.03 bits per heavy atom. The van der Waals surface area contributed by atoms with Gasteiger partial charge in [0.15, 0.2) is 0 Å². The molecule has 2 aromatic carbocycles. The summed E-state index contributed by atoms with van der Waals surface area (Å²) in [6.45, 7) is 2.26. The Hall–Kier alpha value is -4.13. The van der Waals surface area contributed by atoms with Crippen LogP contribution in [0.2, 0.25) is 0 Å². The van der Waals surface area contributed by atoms with Gasteiger partial charge < -0.3 is 15.3 Å². The molecule has 30 heavy (non-hydrogen) atoms. The van der Waals surface area contributed by atoms with Crippen molar-refractivity contribution in [1.29, 1.82) is 0 Å². The van der Waals surface area contributed by atoms with Crippen molar-refractivity contribution in [3.05, 3.63) is 94.2 Å². The summed E-state index contributed by atoms with van der Waals surface area (Å²) in [6, 6.07) is 20.3. The van der Waals surface area contributed by atoms with E-state index in [4.69, 9.17) is 0 Å². The molecule has 5 aromatic rings. The van der Waals surface area contributed by atoms with E-state index in [9.17, 15) is 9.59 Å². The number of hydrogen-bond donors (Lipinski definition) is 3. The number of nitrogens with one attached hydrogen (secondary N) is 3. The standard InChI is InChI=1S/C23H19N5O2/c1-14-6-9-16(10-7-14)28-21(29)11-8-15-12-19(27-22(15)28)23(30)24-13-20-25-17-4-2-3-5-18(17)26-20/h2-12,27H,13H2,1H3,(H,24,30)(H,25,26). The third kappa shape index (κ3) is 3.16. The molecule has 0 aliphatic carbocycles. The highest BCUT2D eigenvalue weighted by molar-refractivity contribution is 5.97. The number of aromatic nitrogens is 4. The fraction of sp³-hybridized carbons (Fsp3) is 0.0870. The summed E-state index contributed by atoms with van der Waals surface area (Å²) in [5.74, 6) is 0.409. The maximum atomic E-state index is 12.7. The number of rotatable bonds is 4. The first kappa shape index (κ1) is 17.9. The second-order valence-electron chi connectivity index (χ2n) is 7.21. The zero-order chi connectivity index (χ0) is 20.7. The minimum Gasteiger partial charge on any atom is -0.344 e. The Morgan fingerprint density at radius 3 is 2.63 bits per heavy atom. The second kappa shape index (κ2) is 7.04. The molecular formula is C23H19N5O2. The molecule has 3 heterocycles. The topological polar surface area (TPSA) is 95.6 Å². The lowest BCUT2D eigenvalue weighted by molar-refractivity contribution is 0.0946. The molecule has 0 saturated heterocycles. The maximum Gasteiger partial charge on any atom is 0.268 e. The number of aryl methyl sites for hydroxylation is 1. The molecule has 5 rings (SSSR count). The fourth-order valence-electron chi connectivity index (χ4n) is 3.54. The molecule has 3 aromatic heterocycles. The molecule has 0 radical (unpaired) electrons. The van der Waals surface area contributed by atoms with Crippen molar-refractivity contribution in [1.82, 2.24) is 24.8 Å². The zero-order valence-corrected chi connectivity index (χ0v) is 16.3. The number of pyridine rings is 1. The molecule has 0 aliphatic heterocycles. The van der Waals surface area contributed by atoms with Gasteiger partial charge in [0.1, 0.15) is 17.2 Å². The van der Waals surface area contributed by atoms with Crippen molar-refractivity contribution in [2.24, 2.45) is 0 Å². The van der Waals surface area contributed by atoms with Crippen LogP contribution in [0.3, 0.4) is 0 Å². The molecule has 3 N–H and O–H groups in total. The molecule has 0 unspecified atom stereocenters. The molecular weight excluding hydrogens is 378 g/mol. The number of para-hydroxylation sites is 2. The molecule has 148 valence electrons. The van der Waals surface area contributed by atoms with Gasteiger partial charge in [0.25, 0.3) is 11.5 Å². The number of carbonyl (C=O) groups is 1. The Morgan fingerprint density at radius 2 is 1.83 bits per heavy atom. The SMILES string of the molecule is Cc1ccc(-n2c(=O)ccc3cc(C(=O)NCc4nc5ccccc5[nH]4)[nH]c32)cc1. The lowest BCUT2D eigenvalue weighted by Gasteiger charge is -2.07. The summed E-state index contributed by atoms with van der Waals surface area (Å²) >= 11 is 0. The number of amides is 1. The number of aromatic amines is 2. The fourth-order valence-corrected chi connectivity index (χ4v) is 3.54. The van der Waals surface area contributed by atoms with Gasteiger partial charge in [0.05, 0.1) is 23.3 Å². The minimum absolute atomic E-state index is 0.164. The van der Waals surface area contributed by atoms with Crippen LogP contribution in [0.5, 0.6) is 0 Å². The highest BCUT2D eigenvalue weighted by Crippen LogP contribution is 2.18. The van der Waals surface area contributed by atoms with E-state index < -0.39 is 0 Å². The number of benzene rings is 2. The molecule has 1 amide bonds. The van der Waals surface area contributed by atoms with Gasteiger partial charge in [0.2, 0.25) is 0 Å². The van der Waals surface area contributed by atoms with E-state index in [-0.39, 0.29) is 18.0 Å². The summed E-state index contributed by atoms with van der Waals surface area (Å²) in [5.41, 5.74) is 4.43.